The van der Waals surface area contributed by atoms with Gasteiger partial charge in [0.1, 0.15) is 29.7 Å². The first-order valence-electron chi connectivity index (χ1n) is 11.6. The number of nitrogens with zero attached hydrogens (tertiary/aromatic N) is 3. The number of halogens is 8. The number of aromatic nitrogens is 3. The fraction of sp³-hybridized carbons (Fsp3) is 0.333. The van der Waals surface area contributed by atoms with Gasteiger partial charge in [-0.1, -0.05) is 0 Å². The number of hydrogen-bond acceptors (Lipinski definition) is 4. The summed E-state index contributed by atoms with van der Waals surface area (Å²) in [6.07, 6.45) is -6.91. The second kappa shape index (κ2) is 9.74. The molecule has 5 rings (SSSR count). The standard InChI is InChI=1S/C24H17BrF7N5O3/c25-14-1-2-16(35-22(39)40)34-19(14)15(5-9-3-10(26)6-11(27)4-9)33-17(38)8-37-21-18(20(36-37)24(30,31)32)12-7-13(12)23(21,28)29/h1-4,6,12-13,15H,5,7-8H2,(H,33,38)(H,34,35)(H,39,40)/t12-,13+,15-/m0/s1. The lowest BCUT2D eigenvalue weighted by Crippen LogP contribution is -2.35. The molecule has 2 aliphatic rings. The molecule has 1 saturated carbocycles. The van der Waals surface area contributed by atoms with Crippen molar-refractivity contribution < 1.29 is 45.4 Å². The van der Waals surface area contributed by atoms with Crippen LogP contribution in [-0.2, 0) is 29.9 Å². The molecular weight excluding hydrogens is 619 g/mol. The summed E-state index contributed by atoms with van der Waals surface area (Å²) in [6, 6.07) is 3.97. The average Bonchev–Trinajstić information content (AvgIpc) is 3.47. The number of carbonyl (C=O) groups excluding carboxylic acids is 1. The first kappa shape index (κ1) is 27.9. The molecule has 2 aromatic heterocycles. The maximum Gasteiger partial charge on any atom is 0.435 e. The zero-order chi connectivity index (χ0) is 29.1. The number of carboxylic acid groups (broad SMARTS) is 1. The Morgan fingerprint density at radius 2 is 1.85 bits per heavy atom. The van der Waals surface area contributed by atoms with Crippen molar-refractivity contribution in [2.75, 3.05) is 5.32 Å². The molecule has 3 aromatic rings. The van der Waals surface area contributed by atoms with Crippen LogP contribution in [0.15, 0.2) is 34.8 Å². The van der Waals surface area contributed by atoms with Crippen molar-refractivity contribution in [2.45, 2.75) is 43.4 Å². The van der Waals surface area contributed by atoms with Gasteiger partial charge in [-0.25, -0.2) is 18.6 Å². The Balaban J connectivity index is 1.48. The molecule has 16 heteroatoms. The van der Waals surface area contributed by atoms with Crippen LogP contribution in [0.3, 0.4) is 0 Å². The number of anilines is 1. The predicted molar refractivity (Wildman–Crippen MR) is 127 cm³/mol. The average molecular weight is 636 g/mol. The highest BCUT2D eigenvalue weighted by Gasteiger charge is 2.68. The van der Waals surface area contributed by atoms with E-state index in [0.29, 0.717) is 10.7 Å². The van der Waals surface area contributed by atoms with E-state index < -0.39 is 77.1 Å². The highest BCUT2D eigenvalue weighted by atomic mass is 79.9. The highest BCUT2D eigenvalue weighted by molar-refractivity contribution is 9.10. The lowest BCUT2D eigenvalue weighted by atomic mass is 10.0. The van der Waals surface area contributed by atoms with Crippen LogP contribution in [0.4, 0.5) is 41.3 Å². The topological polar surface area (TPSA) is 109 Å². The minimum atomic E-state index is -5.02. The molecule has 8 nitrogen and oxygen atoms in total. The molecular formula is C24H17BrF7N5O3. The van der Waals surface area contributed by atoms with E-state index >= 15 is 0 Å². The van der Waals surface area contributed by atoms with Crippen molar-refractivity contribution in [2.24, 2.45) is 5.92 Å². The SMILES string of the molecule is O=C(O)Nc1ccc(Br)c([C@H](Cc2cc(F)cc(F)c2)NC(=O)Cn2nc(C(F)(F)F)c3c2C(F)(F)[C@@H]2C[C@H]32)n1. The monoisotopic (exact) mass is 635 g/mol. The molecule has 0 spiro atoms. The molecule has 2 aliphatic carbocycles. The van der Waals surface area contributed by atoms with Crippen molar-refractivity contribution in [1.82, 2.24) is 20.1 Å². The number of amides is 2. The minimum absolute atomic E-state index is 0.0162. The summed E-state index contributed by atoms with van der Waals surface area (Å²) in [5.74, 6) is -9.00. The van der Waals surface area contributed by atoms with E-state index in [4.69, 9.17) is 5.11 Å². The van der Waals surface area contributed by atoms with Crippen LogP contribution in [-0.4, -0.2) is 31.9 Å². The summed E-state index contributed by atoms with van der Waals surface area (Å²) in [7, 11) is 0. The summed E-state index contributed by atoms with van der Waals surface area (Å²) in [5, 5.41) is 16.8. The third kappa shape index (κ3) is 5.23. The third-order valence-corrected chi connectivity index (χ3v) is 7.30. The normalized spacial score (nSPS) is 19.5. The number of hydrogen-bond donors (Lipinski definition) is 3. The Hall–Kier alpha value is -3.69. The quantitative estimate of drug-likeness (QED) is 0.287. The predicted octanol–water partition coefficient (Wildman–Crippen LogP) is 5.74. The largest absolute Gasteiger partial charge is 0.465 e. The van der Waals surface area contributed by atoms with Crippen LogP contribution in [0.5, 0.6) is 0 Å². The molecule has 2 heterocycles. The van der Waals surface area contributed by atoms with Crippen molar-refractivity contribution in [3.8, 4) is 0 Å². The zero-order valence-corrected chi connectivity index (χ0v) is 21.5. The number of nitrogens with one attached hydrogen (secondary N) is 2. The van der Waals surface area contributed by atoms with Gasteiger partial charge in [0.25, 0.3) is 5.92 Å². The van der Waals surface area contributed by atoms with Crippen molar-refractivity contribution >= 4 is 33.7 Å². The van der Waals surface area contributed by atoms with Crippen LogP contribution in [0, 0.1) is 17.6 Å². The van der Waals surface area contributed by atoms with E-state index in [-0.39, 0.29) is 34.4 Å². The van der Waals surface area contributed by atoms with Gasteiger partial charge in [-0.05, 0) is 64.5 Å². The van der Waals surface area contributed by atoms with Crippen LogP contribution < -0.4 is 10.6 Å². The zero-order valence-electron chi connectivity index (χ0n) is 19.9. The smallest absolute Gasteiger partial charge is 0.435 e. The Bertz CT molecular complexity index is 1510. The first-order chi connectivity index (χ1) is 18.6. The number of benzene rings is 1. The molecule has 0 aliphatic heterocycles. The Morgan fingerprint density at radius 1 is 1.18 bits per heavy atom. The molecule has 1 fully saturated rings. The van der Waals surface area contributed by atoms with Gasteiger partial charge in [-0.2, -0.15) is 27.1 Å². The number of rotatable bonds is 7. The molecule has 212 valence electrons. The minimum Gasteiger partial charge on any atom is -0.465 e. The summed E-state index contributed by atoms with van der Waals surface area (Å²) in [5.41, 5.74) is -3.02. The summed E-state index contributed by atoms with van der Waals surface area (Å²) in [4.78, 5) is 28.2. The second-order valence-electron chi connectivity index (χ2n) is 9.43. The van der Waals surface area contributed by atoms with Crippen LogP contribution in [0.1, 0.15) is 46.6 Å². The van der Waals surface area contributed by atoms with E-state index in [9.17, 15) is 40.3 Å². The Kier molecular flexibility index (Phi) is 6.79. The molecule has 0 unspecified atom stereocenters. The summed E-state index contributed by atoms with van der Waals surface area (Å²) in [6.45, 7) is -1.02. The fourth-order valence-electron chi connectivity index (χ4n) is 5.03. The van der Waals surface area contributed by atoms with Gasteiger partial charge in [0.15, 0.2) is 5.69 Å². The van der Waals surface area contributed by atoms with Crippen LogP contribution in [0.2, 0.25) is 0 Å². The van der Waals surface area contributed by atoms with Gasteiger partial charge in [0.2, 0.25) is 5.91 Å². The maximum absolute atomic E-state index is 14.9. The van der Waals surface area contributed by atoms with Gasteiger partial charge >= 0.3 is 12.3 Å². The van der Waals surface area contributed by atoms with E-state index in [1.165, 1.54) is 12.1 Å². The molecule has 0 saturated heterocycles. The van der Waals surface area contributed by atoms with Gasteiger partial charge in [0.05, 0.1) is 11.7 Å². The maximum atomic E-state index is 14.9. The third-order valence-electron chi connectivity index (χ3n) is 6.63. The van der Waals surface area contributed by atoms with E-state index in [1.54, 1.807) is 0 Å². The lowest BCUT2D eigenvalue weighted by molar-refractivity contribution is -0.142. The van der Waals surface area contributed by atoms with Gasteiger partial charge in [-0.3, -0.25) is 14.8 Å². The second-order valence-corrected chi connectivity index (χ2v) is 10.3. The molecule has 0 radical (unpaired) electrons. The van der Waals surface area contributed by atoms with Crippen LogP contribution in [0.25, 0.3) is 0 Å². The first-order valence-corrected chi connectivity index (χ1v) is 12.4. The molecule has 40 heavy (non-hydrogen) atoms. The van der Waals surface area contributed by atoms with Gasteiger partial charge in [0, 0.05) is 22.0 Å². The number of pyridine rings is 1. The Labute approximate surface area is 228 Å². The van der Waals surface area contributed by atoms with Crippen molar-refractivity contribution in [3.63, 3.8) is 0 Å². The lowest BCUT2D eigenvalue weighted by Gasteiger charge is -2.21. The number of fused-ring (bicyclic) bond motifs is 3. The van der Waals surface area contributed by atoms with Crippen molar-refractivity contribution in [1.29, 1.82) is 0 Å². The molecule has 2 amide bonds. The van der Waals surface area contributed by atoms with Crippen LogP contribution >= 0.6 is 15.9 Å². The molecule has 1 aromatic carbocycles. The Morgan fingerprint density at radius 3 is 2.48 bits per heavy atom. The van der Waals surface area contributed by atoms with Gasteiger partial charge < -0.3 is 10.4 Å². The molecule has 3 atom stereocenters. The number of carbonyl (C=O) groups is 2. The van der Waals surface area contributed by atoms with Gasteiger partial charge in [-0.15, -0.1) is 0 Å². The molecule has 0 bridgehead atoms. The fourth-order valence-corrected chi connectivity index (χ4v) is 5.53. The summed E-state index contributed by atoms with van der Waals surface area (Å²) >= 11 is 3.21. The highest BCUT2D eigenvalue weighted by Crippen LogP contribution is 2.68. The number of alkyl halides is 5. The van der Waals surface area contributed by atoms with Crippen molar-refractivity contribution in [3.05, 3.63) is 74.6 Å². The van der Waals surface area contributed by atoms with E-state index in [1.807, 2.05) is 5.32 Å². The summed E-state index contributed by atoms with van der Waals surface area (Å²) < 4.78 is 98.8. The van der Waals surface area contributed by atoms with E-state index in [0.717, 1.165) is 12.1 Å². The molecule has 3 N–H and O–H groups in total. The van der Waals surface area contributed by atoms with E-state index in [2.05, 4.69) is 31.3 Å².